The van der Waals surface area contributed by atoms with Crippen LogP contribution in [0.5, 0.6) is 11.5 Å². The summed E-state index contributed by atoms with van der Waals surface area (Å²) in [6.45, 7) is 2.96. The lowest BCUT2D eigenvalue weighted by Crippen LogP contribution is -2.42. The Balaban J connectivity index is 1.57. The molecule has 2 aromatic carbocycles. The molecule has 0 saturated carbocycles. The molecule has 1 heterocycles. The minimum absolute atomic E-state index is 0.0293. The summed E-state index contributed by atoms with van der Waals surface area (Å²) in [7, 11) is 5.13. The molecule has 1 aromatic heterocycles. The number of thiazole rings is 1. The van der Waals surface area contributed by atoms with Gasteiger partial charge in [0.2, 0.25) is 5.91 Å². The summed E-state index contributed by atoms with van der Waals surface area (Å²) in [6.07, 6.45) is 0. The molecular weight excluding hydrogens is 374 g/mol. The number of likely N-dealkylation sites (N-methyl/N-ethyl adjacent to an activating group) is 1. The molecule has 0 aliphatic heterocycles. The molecule has 0 spiro atoms. The molecule has 1 unspecified atom stereocenters. The molecule has 6 nitrogen and oxygen atoms in total. The smallest absolute Gasteiger partial charge is 0.237 e. The van der Waals surface area contributed by atoms with E-state index in [1.54, 1.807) is 25.6 Å². The first-order valence-corrected chi connectivity index (χ1v) is 9.86. The zero-order valence-electron chi connectivity index (χ0n) is 16.6. The quantitative estimate of drug-likeness (QED) is 0.629. The number of amides is 1. The van der Waals surface area contributed by atoms with E-state index in [0.29, 0.717) is 24.6 Å². The van der Waals surface area contributed by atoms with Crippen molar-refractivity contribution in [1.29, 1.82) is 0 Å². The summed E-state index contributed by atoms with van der Waals surface area (Å²) < 4.78 is 11.7. The van der Waals surface area contributed by atoms with E-state index in [4.69, 9.17) is 9.47 Å². The molecule has 0 fully saturated rings. The highest BCUT2D eigenvalue weighted by atomic mass is 32.1. The number of para-hydroxylation sites is 1. The normalized spacial score (nSPS) is 12.2. The van der Waals surface area contributed by atoms with E-state index in [2.05, 4.69) is 16.4 Å². The fourth-order valence-corrected chi connectivity index (χ4v) is 3.90. The second-order valence-corrected chi connectivity index (χ2v) is 7.69. The Kier molecular flexibility index (Phi) is 6.49. The number of nitrogens with one attached hydrogen (secondary N) is 1. The van der Waals surface area contributed by atoms with Crippen molar-refractivity contribution in [3.8, 4) is 11.5 Å². The van der Waals surface area contributed by atoms with E-state index in [1.165, 1.54) is 0 Å². The molecule has 0 aliphatic rings. The lowest BCUT2D eigenvalue weighted by atomic mass is 10.2. The summed E-state index contributed by atoms with van der Waals surface area (Å²) in [5, 5.41) is 3.99. The molecule has 3 aromatic rings. The molecule has 28 heavy (non-hydrogen) atoms. The third-order valence-corrected chi connectivity index (χ3v) is 5.70. The van der Waals surface area contributed by atoms with Gasteiger partial charge in [0.15, 0.2) is 11.5 Å². The number of carbonyl (C=O) groups excluding carboxylic acids is 1. The van der Waals surface area contributed by atoms with Crippen LogP contribution in [0.4, 0.5) is 0 Å². The average molecular weight is 400 g/mol. The molecule has 1 N–H and O–H groups in total. The number of hydrogen-bond acceptors (Lipinski definition) is 6. The number of benzene rings is 2. The van der Waals surface area contributed by atoms with Crippen LogP contribution in [0.15, 0.2) is 42.5 Å². The van der Waals surface area contributed by atoms with Crippen molar-refractivity contribution in [2.45, 2.75) is 26.1 Å². The van der Waals surface area contributed by atoms with Crippen molar-refractivity contribution in [3.05, 3.63) is 53.0 Å². The van der Waals surface area contributed by atoms with E-state index in [0.717, 1.165) is 20.8 Å². The summed E-state index contributed by atoms with van der Waals surface area (Å²) >= 11 is 1.66. The predicted molar refractivity (Wildman–Crippen MR) is 112 cm³/mol. The van der Waals surface area contributed by atoms with Gasteiger partial charge in [-0.2, -0.15) is 0 Å². The first kappa shape index (κ1) is 20.1. The molecule has 0 aliphatic carbocycles. The van der Waals surface area contributed by atoms with Crippen LogP contribution in [0.1, 0.15) is 17.5 Å². The largest absolute Gasteiger partial charge is 0.493 e. The van der Waals surface area contributed by atoms with E-state index in [-0.39, 0.29) is 11.9 Å². The van der Waals surface area contributed by atoms with Crippen LogP contribution in [0.2, 0.25) is 0 Å². The average Bonchev–Trinajstić information content (AvgIpc) is 3.13. The van der Waals surface area contributed by atoms with Gasteiger partial charge >= 0.3 is 0 Å². The summed E-state index contributed by atoms with van der Waals surface area (Å²) in [4.78, 5) is 19.2. The van der Waals surface area contributed by atoms with E-state index in [9.17, 15) is 4.79 Å². The zero-order valence-corrected chi connectivity index (χ0v) is 17.4. The van der Waals surface area contributed by atoms with Gasteiger partial charge in [0, 0.05) is 6.54 Å². The van der Waals surface area contributed by atoms with E-state index < -0.39 is 0 Å². The maximum absolute atomic E-state index is 12.6. The van der Waals surface area contributed by atoms with Gasteiger partial charge in [0.25, 0.3) is 0 Å². The van der Waals surface area contributed by atoms with E-state index in [1.807, 2.05) is 55.3 Å². The van der Waals surface area contributed by atoms with Gasteiger partial charge < -0.3 is 14.8 Å². The Bertz CT molecular complexity index is 924. The Labute approximate surface area is 169 Å². The summed E-state index contributed by atoms with van der Waals surface area (Å²) in [6, 6.07) is 13.4. The highest BCUT2D eigenvalue weighted by Gasteiger charge is 2.19. The van der Waals surface area contributed by atoms with Crippen LogP contribution in [0.3, 0.4) is 0 Å². The standard InChI is InChI=1S/C21H25N3O3S/c1-14(24(2)13-20-23-16-7-5-6-8-19(16)28-20)21(25)22-12-15-9-10-17(26-3)18(11-15)27-4/h5-11,14H,12-13H2,1-4H3,(H,22,25). The van der Waals surface area contributed by atoms with Crippen molar-refractivity contribution in [2.75, 3.05) is 21.3 Å². The maximum atomic E-state index is 12.6. The first-order valence-electron chi connectivity index (χ1n) is 9.05. The molecule has 0 radical (unpaired) electrons. The molecule has 7 heteroatoms. The summed E-state index contributed by atoms with van der Waals surface area (Å²) in [5.74, 6) is 1.29. The Hall–Kier alpha value is -2.64. The number of ether oxygens (including phenoxy) is 2. The van der Waals surface area contributed by atoms with Crippen LogP contribution in [-0.2, 0) is 17.9 Å². The third kappa shape index (κ3) is 4.61. The van der Waals surface area contributed by atoms with Gasteiger partial charge in [0.1, 0.15) is 5.01 Å². The number of rotatable bonds is 8. The highest BCUT2D eigenvalue weighted by Crippen LogP contribution is 2.27. The fraction of sp³-hybridized carbons (Fsp3) is 0.333. The fourth-order valence-electron chi connectivity index (χ4n) is 2.87. The highest BCUT2D eigenvalue weighted by molar-refractivity contribution is 7.18. The van der Waals surface area contributed by atoms with Gasteiger partial charge in [-0.25, -0.2) is 4.98 Å². The van der Waals surface area contributed by atoms with Crippen molar-refractivity contribution in [1.82, 2.24) is 15.2 Å². The van der Waals surface area contributed by atoms with Crippen molar-refractivity contribution in [2.24, 2.45) is 0 Å². The van der Waals surface area contributed by atoms with Gasteiger partial charge in [-0.05, 0) is 43.8 Å². The number of methoxy groups -OCH3 is 2. The second-order valence-electron chi connectivity index (χ2n) is 6.57. The van der Waals surface area contributed by atoms with Crippen molar-refractivity contribution >= 4 is 27.5 Å². The molecule has 148 valence electrons. The Morgan fingerprint density at radius 2 is 1.93 bits per heavy atom. The molecule has 0 bridgehead atoms. The number of nitrogens with zero attached hydrogens (tertiary/aromatic N) is 2. The maximum Gasteiger partial charge on any atom is 0.237 e. The van der Waals surface area contributed by atoms with Gasteiger partial charge in [-0.15, -0.1) is 11.3 Å². The van der Waals surface area contributed by atoms with Gasteiger partial charge in [-0.3, -0.25) is 9.69 Å². The molecule has 0 saturated heterocycles. The minimum Gasteiger partial charge on any atom is -0.493 e. The number of carbonyl (C=O) groups is 1. The Morgan fingerprint density at radius 3 is 2.64 bits per heavy atom. The minimum atomic E-state index is -0.271. The topological polar surface area (TPSA) is 63.7 Å². The van der Waals surface area contributed by atoms with Crippen LogP contribution in [-0.4, -0.2) is 43.1 Å². The number of aromatic nitrogens is 1. The van der Waals surface area contributed by atoms with Crippen molar-refractivity contribution < 1.29 is 14.3 Å². The zero-order chi connectivity index (χ0) is 20.1. The molecule has 1 atom stereocenters. The summed E-state index contributed by atoms with van der Waals surface area (Å²) in [5.41, 5.74) is 1.95. The predicted octanol–water partition coefficient (Wildman–Crippen LogP) is 3.45. The third-order valence-electron chi connectivity index (χ3n) is 4.68. The van der Waals surface area contributed by atoms with Crippen LogP contribution >= 0.6 is 11.3 Å². The Morgan fingerprint density at radius 1 is 1.18 bits per heavy atom. The van der Waals surface area contributed by atoms with Gasteiger partial charge in [-0.1, -0.05) is 18.2 Å². The lowest BCUT2D eigenvalue weighted by molar-refractivity contribution is -0.125. The van der Waals surface area contributed by atoms with Crippen molar-refractivity contribution in [3.63, 3.8) is 0 Å². The number of fused-ring (bicyclic) bond motifs is 1. The van der Waals surface area contributed by atoms with Crippen LogP contribution < -0.4 is 14.8 Å². The lowest BCUT2D eigenvalue weighted by Gasteiger charge is -2.23. The van der Waals surface area contributed by atoms with E-state index >= 15 is 0 Å². The monoisotopic (exact) mass is 399 g/mol. The SMILES string of the molecule is COc1ccc(CNC(=O)C(C)N(C)Cc2nc3ccccc3s2)cc1OC. The molecule has 3 rings (SSSR count). The number of hydrogen-bond donors (Lipinski definition) is 1. The first-order chi connectivity index (χ1) is 13.5. The van der Waals surface area contributed by atoms with Gasteiger partial charge in [0.05, 0.1) is 37.0 Å². The molecule has 1 amide bonds. The molecular formula is C21H25N3O3S. The van der Waals surface area contributed by atoms with Crippen LogP contribution in [0, 0.1) is 0 Å². The second kappa shape index (κ2) is 9.03. The van der Waals surface area contributed by atoms with Crippen LogP contribution in [0.25, 0.3) is 10.2 Å².